The first kappa shape index (κ1) is 17.8. The van der Waals surface area contributed by atoms with Gasteiger partial charge in [-0.3, -0.25) is 9.59 Å². The third kappa shape index (κ3) is 4.14. The quantitative estimate of drug-likeness (QED) is 0.840. The van der Waals surface area contributed by atoms with Crippen LogP contribution >= 0.6 is 0 Å². The predicted molar refractivity (Wildman–Crippen MR) is 99.5 cm³/mol. The zero-order chi connectivity index (χ0) is 18.0. The van der Waals surface area contributed by atoms with Crippen molar-refractivity contribution in [2.45, 2.75) is 39.5 Å². The lowest BCUT2D eigenvalue weighted by molar-refractivity contribution is 0.0696. The van der Waals surface area contributed by atoms with Crippen LogP contribution in [0.15, 0.2) is 18.2 Å². The molecule has 0 spiro atoms. The molecule has 25 heavy (non-hydrogen) atoms. The first-order valence-electron chi connectivity index (χ1n) is 9.43. The molecular formula is C20H29N3O2. The Balaban J connectivity index is 1.76. The smallest absolute Gasteiger partial charge is 0.253 e. The maximum atomic E-state index is 12.8. The topological polar surface area (TPSA) is 66.6 Å². The molecule has 2 amide bonds. The van der Waals surface area contributed by atoms with Gasteiger partial charge in [-0.05, 0) is 55.7 Å². The van der Waals surface area contributed by atoms with E-state index >= 15 is 0 Å². The molecule has 0 aromatic heterocycles. The van der Waals surface area contributed by atoms with Gasteiger partial charge in [0, 0.05) is 43.0 Å². The van der Waals surface area contributed by atoms with Gasteiger partial charge in [0.2, 0.25) is 0 Å². The highest BCUT2D eigenvalue weighted by molar-refractivity contribution is 6.01. The van der Waals surface area contributed by atoms with Gasteiger partial charge in [0.1, 0.15) is 0 Å². The lowest BCUT2D eigenvalue weighted by Gasteiger charge is -2.31. The Kier molecular flexibility index (Phi) is 5.30. The molecule has 2 aliphatic rings. The zero-order valence-electron chi connectivity index (χ0n) is 15.3. The zero-order valence-corrected chi connectivity index (χ0v) is 15.3. The molecule has 0 radical (unpaired) electrons. The van der Waals surface area contributed by atoms with Gasteiger partial charge in [-0.2, -0.15) is 0 Å². The number of carbonyl (C=O) groups excluding carboxylic acids is 2. The minimum Gasteiger partial charge on any atom is -0.399 e. The average Bonchev–Trinajstić information content (AvgIpc) is 2.61. The Morgan fingerprint density at radius 1 is 0.800 bits per heavy atom. The molecular weight excluding hydrogens is 314 g/mol. The number of hydrogen-bond acceptors (Lipinski definition) is 3. The first-order chi connectivity index (χ1) is 11.9. The number of piperidine rings is 2. The second-order valence-corrected chi connectivity index (χ2v) is 7.79. The highest BCUT2D eigenvalue weighted by Crippen LogP contribution is 2.22. The van der Waals surface area contributed by atoms with Crippen molar-refractivity contribution in [1.29, 1.82) is 0 Å². The maximum absolute atomic E-state index is 12.8. The largest absolute Gasteiger partial charge is 0.399 e. The molecule has 0 saturated carbocycles. The van der Waals surface area contributed by atoms with E-state index in [0.29, 0.717) is 28.7 Å². The molecule has 3 rings (SSSR count). The van der Waals surface area contributed by atoms with Crippen LogP contribution in [0.2, 0.25) is 0 Å². The van der Waals surface area contributed by atoms with Gasteiger partial charge in [-0.15, -0.1) is 0 Å². The molecule has 136 valence electrons. The second kappa shape index (κ2) is 7.46. The summed E-state index contributed by atoms with van der Waals surface area (Å²) in [5, 5.41) is 0. The van der Waals surface area contributed by atoms with Gasteiger partial charge in [-0.25, -0.2) is 0 Å². The normalized spacial score (nSPS) is 19.9. The number of carbonyl (C=O) groups is 2. The number of anilines is 1. The fraction of sp³-hybridized carbons (Fsp3) is 0.600. The van der Waals surface area contributed by atoms with E-state index in [0.717, 1.165) is 51.9 Å². The SMILES string of the molecule is CC1CCN(C(=O)c2cc(N)cc(C(=O)N3CCC(C)CC3)c2)CC1. The highest BCUT2D eigenvalue weighted by atomic mass is 16.2. The Morgan fingerprint density at radius 3 is 1.52 bits per heavy atom. The number of amides is 2. The molecule has 2 fully saturated rings. The molecule has 0 atom stereocenters. The van der Waals surface area contributed by atoms with Crippen LogP contribution in [0.25, 0.3) is 0 Å². The summed E-state index contributed by atoms with van der Waals surface area (Å²) in [6.07, 6.45) is 4.13. The summed E-state index contributed by atoms with van der Waals surface area (Å²) in [6.45, 7) is 7.56. The number of nitrogens with zero attached hydrogens (tertiary/aromatic N) is 2. The fourth-order valence-electron chi connectivity index (χ4n) is 3.69. The molecule has 0 aliphatic carbocycles. The maximum Gasteiger partial charge on any atom is 0.253 e. The van der Waals surface area contributed by atoms with Crippen molar-refractivity contribution >= 4 is 17.5 Å². The Bertz CT molecular complexity index is 590. The van der Waals surface area contributed by atoms with Crippen LogP contribution in [0.5, 0.6) is 0 Å². The summed E-state index contributed by atoms with van der Waals surface area (Å²) < 4.78 is 0. The van der Waals surface area contributed by atoms with Crippen molar-refractivity contribution in [3.05, 3.63) is 29.3 Å². The molecule has 5 heteroatoms. The van der Waals surface area contributed by atoms with E-state index in [4.69, 9.17) is 5.73 Å². The van der Waals surface area contributed by atoms with E-state index in [1.807, 2.05) is 9.80 Å². The molecule has 2 aliphatic heterocycles. The number of benzene rings is 1. The summed E-state index contributed by atoms with van der Waals surface area (Å²) in [4.78, 5) is 29.4. The van der Waals surface area contributed by atoms with E-state index in [2.05, 4.69) is 13.8 Å². The van der Waals surface area contributed by atoms with Crippen molar-refractivity contribution in [2.24, 2.45) is 11.8 Å². The molecule has 0 unspecified atom stereocenters. The lowest BCUT2D eigenvalue weighted by Crippen LogP contribution is -2.39. The van der Waals surface area contributed by atoms with E-state index in [-0.39, 0.29) is 11.8 Å². The van der Waals surface area contributed by atoms with Gasteiger partial charge in [-0.1, -0.05) is 13.8 Å². The number of likely N-dealkylation sites (tertiary alicyclic amines) is 2. The van der Waals surface area contributed by atoms with Crippen molar-refractivity contribution < 1.29 is 9.59 Å². The number of nitrogen functional groups attached to an aromatic ring is 1. The lowest BCUT2D eigenvalue weighted by atomic mass is 9.97. The minimum atomic E-state index is -0.0134. The van der Waals surface area contributed by atoms with Crippen LogP contribution in [-0.2, 0) is 0 Å². The van der Waals surface area contributed by atoms with Gasteiger partial charge >= 0.3 is 0 Å². The monoisotopic (exact) mass is 343 g/mol. The van der Waals surface area contributed by atoms with Crippen LogP contribution in [0.3, 0.4) is 0 Å². The first-order valence-corrected chi connectivity index (χ1v) is 9.43. The summed E-state index contributed by atoms with van der Waals surface area (Å²) in [5.74, 6) is 1.31. The average molecular weight is 343 g/mol. The van der Waals surface area contributed by atoms with Gasteiger partial charge in [0.25, 0.3) is 11.8 Å². The predicted octanol–water partition coefficient (Wildman–Crippen LogP) is 3.01. The molecule has 2 heterocycles. The molecule has 5 nitrogen and oxygen atoms in total. The number of hydrogen-bond donors (Lipinski definition) is 1. The van der Waals surface area contributed by atoms with Crippen LogP contribution in [-0.4, -0.2) is 47.8 Å². The number of nitrogens with two attached hydrogens (primary N) is 1. The highest BCUT2D eigenvalue weighted by Gasteiger charge is 2.25. The summed E-state index contributed by atoms with van der Waals surface area (Å²) in [5.41, 5.74) is 7.54. The van der Waals surface area contributed by atoms with Crippen LogP contribution < -0.4 is 5.73 Å². The van der Waals surface area contributed by atoms with Crippen molar-refractivity contribution in [1.82, 2.24) is 9.80 Å². The third-order valence-corrected chi connectivity index (χ3v) is 5.59. The molecule has 2 N–H and O–H groups in total. The molecule has 1 aromatic carbocycles. The minimum absolute atomic E-state index is 0.0134. The van der Waals surface area contributed by atoms with E-state index in [9.17, 15) is 9.59 Å². The standard InChI is InChI=1S/C20H29N3O2/c1-14-3-7-22(8-4-14)19(24)16-11-17(13-18(21)12-16)20(25)23-9-5-15(2)6-10-23/h11-15H,3-10,21H2,1-2H3. The van der Waals surface area contributed by atoms with Gasteiger partial charge in [0.15, 0.2) is 0 Å². The number of rotatable bonds is 2. The van der Waals surface area contributed by atoms with E-state index < -0.39 is 0 Å². The molecule has 1 aromatic rings. The van der Waals surface area contributed by atoms with Crippen LogP contribution in [0.1, 0.15) is 60.2 Å². The fourth-order valence-corrected chi connectivity index (χ4v) is 3.69. The molecule has 0 bridgehead atoms. The Hall–Kier alpha value is -2.04. The van der Waals surface area contributed by atoms with E-state index in [1.165, 1.54) is 0 Å². The van der Waals surface area contributed by atoms with E-state index in [1.54, 1.807) is 18.2 Å². The van der Waals surface area contributed by atoms with Crippen molar-refractivity contribution in [2.75, 3.05) is 31.9 Å². The molecule has 2 saturated heterocycles. The summed E-state index contributed by atoms with van der Waals surface area (Å²) >= 11 is 0. The van der Waals surface area contributed by atoms with Crippen molar-refractivity contribution in [3.8, 4) is 0 Å². The third-order valence-electron chi connectivity index (χ3n) is 5.59. The Morgan fingerprint density at radius 2 is 1.16 bits per heavy atom. The van der Waals surface area contributed by atoms with Gasteiger partial charge < -0.3 is 15.5 Å². The second-order valence-electron chi connectivity index (χ2n) is 7.79. The van der Waals surface area contributed by atoms with Crippen LogP contribution in [0, 0.1) is 11.8 Å². The summed E-state index contributed by atoms with van der Waals surface area (Å²) in [6, 6.07) is 5.10. The van der Waals surface area contributed by atoms with Crippen LogP contribution in [0.4, 0.5) is 5.69 Å². The Labute approximate surface area is 150 Å². The van der Waals surface area contributed by atoms with Crippen molar-refractivity contribution in [3.63, 3.8) is 0 Å². The van der Waals surface area contributed by atoms with Gasteiger partial charge in [0.05, 0.1) is 0 Å². The summed E-state index contributed by atoms with van der Waals surface area (Å²) in [7, 11) is 0.